The maximum absolute atomic E-state index is 12.9. The van der Waals surface area contributed by atoms with Gasteiger partial charge < -0.3 is 10.6 Å². The van der Waals surface area contributed by atoms with Crippen molar-refractivity contribution in [3.8, 4) is 0 Å². The van der Waals surface area contributed by atoms with Gasteiger partial charge in [0.05, 0.1) is 11.8 Å². The molecule has 2 amide bonds. The highest BCUT2D eigenvalue weighted by molar-refractivity contribution is 6.00. The second-order valence-corrected chi connectivity index (χ2v) is 6.53. The number of carbonyl (C=O) groups excluding carboxylic acids is 2. The van der Waals surface area contributed by atoms with Crippen molar-refractivity contribution in [1.82, 2.24) is 5.32 Å². The summed E-state index contributed by atoms with van der Waals surface area (Å²) >= 11 is 0. The largest absolute Gasteiger partial charge is 0.352 e. The van der Waals surface area contributed by atoms with Gasteiger partial charge in [-0.1, -0.05) is 24.3 Å². The topological polar surface area (TPSA) is 58.2 Å². The molecule has 1 saturated carbocycles. The number of benzene rings is 2. The van der Waals surface area contributed by atoms with E-state index in [1.165, 1.54) is 12.1 Å². The van der Waals surface area contributed by atoms with Crippen LogP contribution in [-0.4, -0.2) is 11.8 Å². The smallest absolute Gasteiger partial charge is 0.228 e. The molecule has 130 valence electrons. The first-order chi connectivity index (χ1) is 12.0. The van der Waals surface area contributed by atoms with Crippen LogP contribution in [0.25, 0.3) is 0 Å². The molecule has 0 aliphatic heterocycles. The van der Waals surface area contributed by atoms with Gasteiger partial charge in [-0.15, -0.1) is 0 Å². The molecule has 0 heterocycles. The van der Waals surface area contributed by atoms with E-state index in [4.69, 9.17) is 0 Å². The predicted octanol–water partition coefficient (Wildman–Crippen LogP) is 3.33. The van der Waals surface area contributed by atoms with Gasteiger partial charge >= 0.3 is 0 Å². The van der Waals surface area contributed by atoms with Crippen LogP contribution < -0.4 is 10.6 Å². The molecule has 0 bridgehead atoms. The van der Waals surface area contributed by atoms with Crippen molar-refractivity contribution in [2.45, 2.75) is 26.8 Å². The molecule has 2 N–H and O–H groups in total. The zero-order valence-corrected chi connectivity index (χ0v) is 14.3. The van der Waals surface area contributed by atoms with Crippen LogP contribution in [0.1, 0.15) is 23.1 Å². The lowest BCUT2D eigenvalue weighted by molar-refractivity contribution is -0.125. The summed E-state index contributed by atoms with van der Waals surface area (Å²) in [6, 6.07) is 11.7. The number of hydrogen-bond donors (Lipinski definition) is 2. The Hall–Kier alpha value is -2.69. The van der Waals surface area contributed by atoms with Crippen LogP contribution in [-0.2, 0) is 16.1 Å². The third-order valence-corrected chi connectivity index (χ3v) is 4.71. The Kier molecular flexibility index (Phi) is 4.83. The lowest BCUT2D eigenvalue weighted by Crippen LogP contribution is -2.27. The third kappa shape index (κ3) is 4.05. The number of hydrogen-bond acceptors (Lipinski definition) is 2. The lowest BCUT2D eigenvalue weighted by Gasteiger charge is -2.10. The van der Waals surface area contributed by atoms with Crippen LogP contribution in [0.15, 0.2) is 42.5 Å². The highest BCUT2D eigenvalue weighted by Crippen LogP contribution is 2.39. The van der Waals surface area contributed by atoms with Crippen LogP contribution >= 0.6 is 0 Å². The van der Waals surface area contributed by atoms with Crippen LogP contribution in [0.3, 0.4) is 0 Å². The Morgan fingerprint density at radius 1 is 1.04 bits per heavy atom. The summed E-state index contributed by atoms with van der Waals surface area (Å²) in [5.74, 6) is -1.12. The molecule has 0 radical (unpaired) electrons. The second kappa shape index (κ2) is 7.05. The van der Waals surface area contributed by atoms with Crippen LogP contribution in [0.4, 0.5) is 10.1 Å². The Morgan fingerprint density at radius 2 is 1.72 bits per heavy atom. The average Bonchev–Trinajstić information content (AvgIpc) is 3.39. The Balaban J connectivity index is 1.51. The monoisotopic (exact) mass is 340 g/mol. The van der Waals surface area contributed by atoms with E-state index in [9.17, 15) is 14.0 Å². The van der Waals surface area contributed by atoms with Crippen molar-refractivity contribution >= 4 is 17.5 Å². The Morgan fingerprint density at radius 3 is 2.44 bits per heavy atom. The Bertz CT molecular complexity index is 802. The molecule has 0 saturated heterocycles. The quantitative estimate of drug-likeness (QED) is 0.877. The standard InChI is InChI=1S/C20H21FN2O2/c1-12-4-3-5-18(13(12)2)23-20(25)17-10-16(17)19(24)22-11-14-6-8-15(21)9-7-14/h3-9,16-17H,10-11H2,1-2H3,(H,22,24)(H,23,25). The summed E-state index contributed by atoms with van der Waals surface area (Å²) in [6.07, 6.45) is 0.561. The van der Waals surface area contributed by atoms with E-state index in [1.807, 2.05) is 32.0 Å². The summed E-state index contributed by atoms with van der Waals surface area (Å²) < 4.78 is 12.9. The molecular formula is C20H21FN2O2. The number of rotatable bonds is 5. The number of anilines is 1. The van der Waals surface area contributed by atoms with Crippen LogP contribution in [0.2, 0.25) is 0 Å². The first-order valence-corrected chi connectivity index (χ1v) is 8.35. The van der Waals surface area contributed by atoms with Gasteiger partial charge in [0.25, 0.3) is 0 Å². The fourth-order valence-corrected chi connectivity index (χ4v) is 2.81. The fraction of sp³-hybridized carbons (Fsp3) is 0.300. The second-order valence-electron chi connectivity index (χ2n) is 6.53. The number of nitrogens with one attached hydrogen (secondary N) is 2. The number of amides is 2. The van der Waals surface area contributed by atoms with Crippen molar-refractivity contribution in [3.63, 3.8) is 0 Å². The summed E-state index contributed by atoms with van der Waals surface area (Å²) in [5, 5.41) is 5.73. The van der Waals surface area contributed by atoms with E-state index < -0.39 is 0 Å². The zero-order chi connectivity index (χ0) is 18.0. The van der Waals surface area contributed by atoms with Gasteiger partial charge in [-0.2, -0.15) is 0 Å². The van der Waals surface area contributed by atoms with Crippen molar-refractivity contribution < 1.29 is 14.0 Å². The zero-order valence-electron chi connectivity index (χ0n) is 14.3. The molecule has 5 heteroatoms. The molecule has 2 unspecified atom stereocenters. The molecule has 3 rings (SSSR count). The van der Waals surface area contributed by atoms with Gasteiger partial charge in [-0.3, -0.25) is 9.59 Å². The molecule has 4 nitrogen and oxygen atoms in total. The maximum Gasteiger partial charge on any atom is 0.228 e. The summed E-state index contributed by atoms with van der Waals surface area (Å²) in [6.45, 7) is 4.29. The van der Waals surface area contributed by atoms with E-state index in [0.717, 1.165) is 22.4 Å². The summed E-state index contributed by atoms with van der Waals surface area (Å²) in [7, 11) is 0. The highest BCUT2D eigenvalue weighted by atomic mass is 19.1. The highest BCUT2D eigenvalue weighted by Gasteiger charge is 2.47. The average molecular weight is 340 g/mol. The number of aryl methyl sites for hydroxylation is 1. The van der Waals surface area contributed by atoms with Gasteiger partial charge in [-0.05, 0) is 55.2 Å². The molecule has 0 spiro atoms. The van der Waals surface area contributed by atoms with Gasteiger partial charge in [0, 0.05) is 12.2 Å². The minimum atomic E-state index is -0.305. The van der Waals surface area contributed by atoms with E-state index in [1.54, 1.807) is 12.1 Å². The van der Waals surface area contributed by atoms with Gasteiger partial charge in [-0.25, -0.2) is 4.39 Å². The fourth-order valence-electron chi connectivity index (χ4n) is 2.81. The van der Waals surface area contributed by atoms with Gasteiger partial charge in [0.2, 0.25) is 11.8 Å². The molecule has 2 aromatic rings. The molecule has 2 atom stereocenters. The number of carbonyl (C=O) groups is 2. The van der Waals surface area contributed by atoms with E-state index in [2.05, 4.69) is 10.6 Å². The molecule has 0 aromatic heterocycles. The lowest BCUT2D eigenvalue weighted by atomic mass is 10.1. The van der Waals surface area contributed by atoms with Crippen LogP contribution in [0.5, 0.6) is 0 Å². The molecule has 1 aliphatic rings. The van der Waals surface area contributed by atoms with E-state index in [-0.39, 0.29) is 29.5 Å². The summed E-state index contributed by atoms with van der Waals surface area (Å²) in [5.41, 5.74) is 3.77. The minimum absolute atomic E-state index is 0.115. The predicted molar refractivity (Wildman–Crippen MR) is 94.4 cm³/mol. The molecule has 25 heavy (non-hydrogen) atoms. The van der Waals surface area contributed by atoms with Crippen molar-refractivity contribution in [2.75, 3.05) is 5.32 Å². The molecule has 1 fully saturated rings. The summed E-state index contributed by atoms with van der Waals surface area (Å²) in [4.78, 5) is 24.5. The number of halogens is 1. The molecule has 1 aliphatic carbocycles. The molecule has 2 aromatic carbocycles. The first kappa shape index (κ1) is 17.1. The third-order valence-electron chi connectivity index (χ3n) is 4.71. The van der Waals surface area contributed by atoms with Crippen LogP contribution in [0, 0.1) is 31.5 Å². The SMILES string of the molecule is Cc1cccc(NC(=O)C2CC2C(=O)NCc2ccc(F)cc2)c1C. The Labute approximate surface area is 146 Å². The van der Waals surface area contributed by atoms with E-state index in [0.29, 0.717) is 13.0 Å². The van der Waals surface area contributed by atoms with Crippen molar-refractivity contribution in [3.05, 3.63) is 65.0 Å². The minimum Gasteiger partial charge on any atom is -0.352 e. The van der Waals surface area contributed by atoms with Crippen molar-refractivity contribution in [2.24, 2.45) is 11.8 Å². The maximum atomic E-state index is 12.9. The normalized spacial score (nSPS) is 18.5. The van der Waals surface area contributed by atoms with E-state index >= 15 is 0 Å². The molecular weight excluding hydrogens is 319 g/mol. The first-order valence-electron chi connectivity index (χ1n) is 8.35. The van der Waals surface area contributed by atoms with Gasteiger partial charge in [0.1, 0.15) is 5.82 Å². The van der Waals surface area contributed by atoms with Gasteiger partial charge in [0.15, 0.2) is 0 Å². The van der Waals surface area contributed by atoms with Crippen molar-refractivity contribution in [1.29, 1.82) is 0 Å².